The van der Waals surface area contributed by atoms with Crippen molar-refractivity contribution < 1.29 is 14.3 Å². The summed E-state index contributed by atoms with van der Waals surface area (Å²) in [5, 5.41) is 2.52. The highest BCUT2D eigenvalue weighted by Gasteiger charge is 2.43. The second kappa shape index (κ2) is 4.66. The van der Waals surface area contributed by atoms with E-state index in [4.69, 9.17) is 9.47 Å². The van der Waals surface area contributed by atoms with Gasteiger partial charge in [0, 0.05) is 6.20 Å². The highest BCUT2D eigenvalue weighted by atomic mass is 16.6. The number of alkyl carbamates (subject to hydrolysis) is 1. The van der Waals surface area contributed by atoms with E-state index in [0.29, 0.717) is 24.7 Å². The van der Waals surface area contributed by atoms with Gasteiger partial charge in [-0.05, 0) is 32.1 Å². The standard InChI is InChI=1S/C11H17NO3/c1-2-5-12-11(13)14-7-8-3-4-9-10(6-8)15-9/h2,5,8-10H,3-4,6-7H2,1H3,(H,12,13)/b5-2-. The van der Waals surface area contributed by atoms with Crippen molar-refractivity contribution in [3.05, 3.63) is 12.3 Å². The fourth-order valence-electron chi connectivity index (χ4n) is 2.02. The molecule has 1 amide bonds. The molecule has 1 saturated heterocycles. The van der Waals surface area contributed by atoms with Crippen LogP contribution in [-0.2, 0) is 9.47 Å². The van der Waals surface area contributed by atoms with Crippen LogP contribution in [0.5, 0.6) is 0 Å². The second-order valence-corrected chi connectivity index (χ2v) is 4.13. The van der Waals surface area contributed by atoms with Crippen LogP contribution in [0, 0.1) is 5.92 Å². The van der Waals surface area contributed by atoms with Crippen molar-refractivity contribution in [3.63, 3.8) is 0 Å². The molecule has 1 N–H and O–H groups in total. The third-order valence-electron chi connectivity index (χ3n) is 2.93. The van der Waals surface area contributed by atoms with Gasteiger partial charge in [0.15, 0.2) is 0 Å². The van der Waals surface area contributed by atoms with Crippen LogP contribution >= 0.6 is 0 Å². The van der Waals surface area contributed by atoms with Crippen molar-refractivity contribution in [1.29, 1.82) is 0 Å². The highest BCUT2D eigenvalue weighted by Crippen LogP contribution is 2.39. The zero-order valence-corrected chi connectivity index (χ0v) is 8.94. The lowest BCUT2D eigenvalue weighted by Crippen LogP contribution is -2.24. The van der Waals surface area contributed by atoms with Crippen molar-refractivity contribution in [3.8, 4) is 0 Å². The number of ether oxygens (including phenoxy) is 2. The van der Waals surface area contributed by atoms with Gasteiger partial charge in [-0.1, -0.05) is 6.08 Å². The average molecular weight is 211 g/mol. The van der Waals surface area contributed by atoms with Crippen LogP contribution in [0.25, 0.3) is 0 Å². The smallest absolute Gasteiger partial charge is 0.411 e. The molecule has 84 valence electrons. The quantitative estimate of drug-likeness (QED) is 0.724. The van der Waals surface area contributed by atoms with Gasteiger partial charge in [0.2, 0.25) is 0 Å². The Hall–Kier alpha value is -1.03. The predicted octanol–water partition coefficient (Wildman–Crippen LogP) is 1.81. The zero-order chi connectivity index (χ0) is 10.7. The lowest BCUT2D eigenvalue weighted by Gasteiger charge is -2.18. The van der Waals surface area contributed by atoms with Gasteiger partial charge in [0.05, 0.1) is 18.8 Å². The van der Waals surface area contributed by atoms with Gasteiger partial charge in [0.1, 0.15) is 0 Å². The van der Waals surface area contributed by atoms with Crippen molar-refractivity contribution in [2.45, 2.75) is 38.4 Å². The summed E-state index contributed by atoms with van der Waals surface area (Å²) in [4.78, 5) is 11.1. The molecule has 1 heterocycles. The van der Waals surface area contributed by atoms with Gasteiger partial charge < -0.3 is 9.47 Å². The molecule has 15 heavy (non-hydrogen) atoms. The van der Waals surface area contributed by atoms with Crippen molar-refractivity contribution in [2.75, 3.05) is 6.61 Å². The maximum Gasteiger partial charge on any atom is 0.411 e. The van der Waals surface area contributed by atoms with Gasteiger partial charge in [-0.2, -0.15) is 0 Å². The maximum atomic E-state index is 11.1. The molecule has 3 unspecified atom stereocenters. The third-order valence-corrected chi connectivity index (χ3v) is 2.93. The Kier molecular flexibility index (Phi) is 3.26. The minimum Gasteiger partial charge on any atom is -0.449 e. The van der Waals surface area contributed by atoms with E-state index in [2.05, 4.69) is 5.32 Å². The first-order chi connectivity index (χ1) is 7.29. The van der Waals surface area contributed by atoms with Crippen LogP contribution < -0.4 is 5.32 Å². The Morgan fingerprint density at radius 3 is 3.13 bits per heavy atom. The molecule has 0 bridgehead atoms. The van der Waals surface area contributed by atoms with E-state index in [1.54, 1.807) is 12.3 Å². The third kappa shape index (κ3) is 2.96. The number of hydrogen-bond acceptors (Lipinski definition) is 3. The molecule has 0 aromatic heterocycles. The van der Waals surface area contributed by atoms with E-state index in [-0.39, 0.29) is 6.09 Å². The number of epoxide rings is 1. The molecule has 1 aliphatic heterocycles. The van der Waals surface area contributed by atoms with E-state index >= 15 is 0 Å². The van der Waals surface area contributed by atoms with Crippen LogP contribution in [0.3, 0.4) is 0 Å². The number of allylic oxidation sites excluding steroid dienone is 1. The SMILES string of the molecule is C/C=C\NC(=O)OCC1CCC2OC2C1. The van der Waals surface area contributed by atoms with Crippen LogP contribution in [0.4, 0.5) is 4.79 Å². The number of carbonyl (C=O) groups is 1. The molecule has 0 aromatic carbocycles. The summed E-state index contributed by atoms with van der Waals surface area (Å²) in [5.74, 6) is 0.477. The lowest BCUT2D eigenvalue weighted by atomic mass is 9.90. The summed E-state index contributed by atoms with van der Waals surface area (Å²) in [7, 11) is 0. The van der Waals surface area contributed by atoms with Crippen LogP contribution in [-0.4, -0.2) is 24.9 Å². The molecule has 1 aliphatic carbocycles. The molecule has 2 fully saturated rings. The van der Waals surface area contributed by atoms with Crippen LogP contribution in [0.2, 0.25) is 0 Å². The number of fused-ring (bicyclic) bond motifs is 1. The number of rotatable bonds is 3. The van der Waals surface area contributed by atoms with E-state index in [1.165, 1.54) is 0 Å². The first-order valence-electron chi connectivity index (χ1n) is 5.49. The molecule has 0 aromatic rings. The van der Waals surface area contributed by atoms with Gasteiger partial charge in [0.25, 0.3) is 0 Å². The number of hydrogen-bond donors (Lipinski definition) is 1. The summed E-state index contributed by atoms with van der Waals surface area (Å²) >= 11 is 0. The molecule has 4 nitrogen and oxygen atoms in total. The molecular weight excluding hydrogens is 194 g/mol. The fourth-order valence-corrected chi connectivity index (χ4v) is 2.02. The first-order valence-corrected chi connectivity index (χ1v) is 5.49. The Morgan fingerprint density at radius 1 is 1.53 bits per heavy atom. The monoisotopic (exact) mass is 211 g/mol. The van der Waals surface area contributed by atoms with Gasteiger partial charge in [-0.25, -0.2) is 4.79 Å². The highest BCUT2D eigenvalue weighted by molar-refractivity contribution is 5.68. The van der Waals surface area contributed by atoms with E-state index in [1.807, 2.05) is 6.92 Å². The van der Waals surface area contributed by atoms with Gasteiger partial charge in [-0.15, -0.1) is 0 Å². The Morgan fingerprint density at radius 2 is 2.40 bits per heavy atom. The number of amides is 1. The molecule has 3 atom stereocenters. The summed E-state index contributed by atoms with van der Waals surface area (Å²) in [6, 6.07) is 0. The van der Waals surface area contributed by atoms with E-state index < -0.39 is 0 Å². The van der Waals surface area contributed by atoms with Gasteiger partial charge >= 0.3 is 6.09 Å². The summed E-state index contributed by atoms with van der Waals surface area (Å²) < 4.78 is 10.5. The number of nitrogens with one attached hydrogen (secondary N) is 1. The fraction of sp³-hybridized carbons (Fsp3) is 0.727. The molecule has 2 aliphatic rings. The van der Waals surface area contributed by atoms with Crippen molar-refractivity contribution in [1.82, 2.24) is 5.32 Å². The molecule has 2 rings (SSSR count). The maximum absolute atomic E-state index is 11.1. The number of carbonyl (C=O) groups excluding carboxylic acids is 1. The summed E-state index contributed by atoms with van der Waals surface area (Å²) in [6.45, 7) is 2.35. The minimum atomic E-state index is -0.369. The Balaban J connectivity index is 1.62. The van der Waals surface area contributed by atoms with E-state index in [9.17, 15) is 4.79 Å². The minimum absolute atomic E-state index is 0.369. The largest absolute Gasteiger partial charge is 0.449 e. The first kappa shape index (κ1) is 10.5. The van der Waals surface area contributed by atoms with Crippen LogP contribution in [0.15, 0.2) is 12.3 Å². The molecule has 4 heteroatoms. The second-order valence-electron chi connectivity index (χ2n) is 4.13. The average Bonchev–Trinajstić information content (AvgIpc) is 3.01. The van der Waals surface area contributed by atoms with Crippen LogP contribution in [0.1, 0.15) is 26.2 Å². The Bertz CT molecular complexity index is 265. The lowest BCUT2D eigenvalue weighted by molar-refractivity contribution is 0.121. The topological polar surface area (TPSA) is 50.9 Å². The van der Waals surface area contributed by atoms with E-state index in [0.717, 1.165) is 19.3 Å². The summed E-state index contributed by atoms with van der Waals surface area (Å²) in [5.41, 5.74) is 0. The molecule has 0 spiro atoms. The molecule has 1 saturated carbocycles. The molecular formula is C11H17NO3. The summed E-state index contributed by atoms with van der Waals surface area (Å²) in [6.07, 6.45) is 7.19. The predicted molar refractivity (Wildman–Crippen MR) is 55.3 cm³/mol. The normalized spacial score (nSPS) is 33.5. The van der Waals surface area contributed by atoms with Crippen molar-refractivity contribution >= 4 is 6.09 Å². The van der Waals surface area contributed by atoms with Crippen molar-refractivity contribution in [2.24, 2.45) is 5.92 Å². The van der Waals surface area contributed by atoms with Gasteiger partial charge in [-0.3, -0.25) is 5.32 Å². The molecule has 0 radical (unpaired) electrons. The zero-order valence-electron chi connectivity index (χ0n) is 8.94. The Labute approximate surface area is 89.6 Å².